The predicted octanol–water partition coefficient (Wildman–Crippen LogP) is 5.84. The summed E-state index contributed by atoms with van der Waals surface area (Å²) in [6, 6.07) is 16.5. The number of anilines is 6. The molecular weight excluding hydrogens is 813 g/mol. The van der Waals surface area contributed by atoms with E-state index in [9.17, 15) is 57.8 Å². The average Bonchev–Trinajstić information content (AvgIpc) is 3.34. The minimum absolute atomic E-state index is 0.0861. The molecule has 2 heterocycles. The summed E-state index contributed by atoms with van der Waals surface area (Å²) in [4.78, 5) is 12.3. The van der Waals surface area contributed by atoms with Crippen LogP contribution in [0.2, 0.25) is 0 Å². The quantitative estimate of drug-likeness (QED) is 0.108. The third-order valence-electron chi connectivity index (χ3n) is 9.42. The van der Waals surface area contributed by atoms with Crippen molar-refractivity contribution in [1.29, 1.82) is 0 Å². The second-order valence-corrected chi connectivity index (χ2v) is 19.3. The van der Waals surface area contributed by atoms with Crippen LogP contribution in [0.1, 0.15) is 11.1 Å². The van der Waals surface area contributed by atoms with Crippen LogP contribution in [0.4, 0.5) is 38.9 Å². The van der Waals surface area contributed by atoms with E-state index in [0.29, 0.717) is 10.8 Å². The van der Waals surface area contributed by atoms with Crippen LogP contribution in [-0.2, 0) is 40.3 Å². The van der Waals surface area contributed by atoms with E-state index in [1.54, 1.807) is 0 Å². The van der Waals surface area contributed by atoms with Gasteiger partial charge in [0.05, 0.1) is 43.9 Å². The lowest BCUT2D eigenvalue weighted by atomic mass is 10.1. The van der Waals surface area contributed by atoms with Crippen molar-refractivity contribution >= 4 is 102 Å². The van der Waals surface area contributed by atoms with Crippen LogP contribution in [0.15, 0.2) is 105 Å². The first kappa shape index (κ1) is 37.0. The topological polar surface area (TPSA) is 265 Å². The zero-order valence-corrected chi connectivity index (χ0v) is 31.8. The molecule has 6 N–H and O–H groups in total. The fourth-order valence-corrected chi connectivity index (χ4v) is 11.8. The minimum Gasteiger partial charge on any atom is -0.506 e. The van der Waals surface area contributed by atoms with Crippen LogP contribution in [0.25, 0.3) is 21.5 Å². The van der Waals surface area contributed by atoms with Crippen LogP contribution < -0.4 is 19.2 Å². The maximum Gasteiger partial charge on any atom is 0.323 e. The number of urea groups is 1. The highest BCUT2D eigenvalue weighted by atomic mass is 32.2. The Kier molecular flexibility index (Phi) is 7.93. The maximum atomic E-state index is 14.1. The lowest BCUT2D eigenvalue weighted by molar-refractivity contribution is 0.262. The molecule has 2 aliphatic rings. The third-order valence-corrected chi connectivity index (χ3v) is 15.0. The number of fused-ring (bicyclic) bond motifs is 6. The fraction of sp³-hybridized carbons (Fsp3) is 0.0571. The molecule has 8 rings (SSSR count). The van der Waals surface area contributed by atoms with E-state index in [4.69, 9.17) is 0 Å². The number of nitrogens with zero attached hydrogens (tertiary/aromatic N) is 2. The van der Waals surface area contributed by atoms with Crippen LogP contribution in [0, 0.1) is 13.8 Å². The molecule has 288 valence electrons. The number of nitrogens with one attached hydrogen (secondary N) is 2. The van der Waals surface area contributed by atoms with Crippen molar-refractivity contribution in [3.63, 3.8) is 0 Å². The second-order valence-electron chi connectivity index (χ2n) is 13.0. The summed E-state index contributed by atoms with van der Waals surface area (Å²) >= 11 is 0. The molecule has 6 aromatic rings. The highest BCUT2D eigenvalue weighted by molar-refractivity contribution is 7.94. The van der Waals surface area contributed by atoms with Gasteiger partial charge in [0.15, 0.2) is 0 Å². The van der Waals surface area contributed by atoms with Crippen molar-refractivity contribution in [1.82, 2.24) is 0 Å². The predicted molar refractivity (Wildman–Crippen MR) is 205 cm³/mol. The molecule has 0 saturated heterocycles. The first-order chi connectivity index (χ1) is 26.1. The lowest BCUT2D eigenvalue weighted by Crippen LogP contribution is -2.21. The van der Waals surface area contributed by atoms with Gasteiger partial charge in [0.25, 0.3) is 40.3 Å². The molecule has 0 spiro atoms. The summed E-state index contributed by atoms with van der Waals surface area (Å²) in [6.45, 7) is 2.96. The Morgan fingerprint density at radius 3 is 1.27 bits per heavy atom. The summed E-state index contributed by atoms with van der Waals surface area (Å²) < 4.78 is 123. The van der Waals surface area contributed by atoms with E-state index in [0.717, 1.165) is 45.0 Å². The Bertz CT molecular complexity index is 3050. The molecule has 0 fully saturated rings. The summed E-state index contributed by atoms with van der Waals surface area (Å²) in [5.74, 6) is -1.16. The van der Waals surface area contributed by atoms with Crippen LogP contribution in [-0.4, -0.2) is 59.0 Å². The SMILES string of the molecule is Cc1ccc2c(NC(=O)Nc3c4ccc(C)c3S(=O)(=O)N4c3cc4ccc(S(=O)(=O)O)cc4cc3O)c1S(=O)(=O)N2c1cc2ccc(S(=O)(=O)O)cc2cc1O. The number of hydrogen-bond donors (Lipinski definition) is 6. The molecule has 56 heavy (non-hydrogen) atoms. The van der Waals surface area contributed by atoms with Gasteiger partial charge < -0.3 is 20.8 Å². The molecule has 0 atom stereocenters. The molecule has 2 aliphatic heterocycles. The van der Waals surface area contributed by atoms with E-state index in [1.807, 2.05) is 0 Å². The number of sulfonamides is 2. The zero-order valence-electron chi connectivity index (χ0n) is 28.6. The summed E-state index contributed by atoms with van der Waals surface area (Å²) in [5.41, 5.74) is -0.620. The zero-order chi connectivity index (χ0) is 40.4. The Morgan fingerprint density at radius 1 is 0.536 bits per heavy atom. The lowest BCUT2D eigenvalue weighted by Gasteiger charge is -2.20. The summed E-state index contributed by atoms with van der Waals surface area (Å²) in [5, 5.41) is 28.0. The van der Waals surface area contributed by atoms with Crippen molar-refractivity contribution in [3.8, 4) is 11.5 Å². The number of phenols is 2. The Morgan fingerprint density at radius 2 is 0.911 bits per heavy atom. The Hall–Kier alpha value is -5.97. The molecule has 0 saturated carbocycles. The molecule has 17 nitrogen and oxygen atoms in total. The number of amides is 2. The van der Waals surface area contributed by atoms with Gasteiger partial charge in [-0.2, -0.15) is 16.8 Å². The number of hydrogen-bond acceptors (Lipinski definition) is 11. The highest BCUT2D eigenvalue weighted by Crippen LogP contribution is 2.54. The van der Waals surface area contributed by atoms with Gasteiger partial charge in [-0.3, -0.25) is 9.11 Å². The molecule has 21 heteroatoms. The number of rotatable bonds is 6. The van der Waals surface area contributed by atoms with Gasteiger partial charge in [-0.1, -0.05) is 24.3 Å². The third kappa shape index (κ3) is 5.58. The van der Waals surface area contributed by atoms with Gasteiger partial charge in [-0.25, -0.2) is 30.2 Å². The van der Waals surface area contributed by atoms with E-state index in [-0.39, 0.29) is 65.8 Å². The Balaban J connectivity index is 1.17. The van der Waals surface area contributed by atoms with Crippen molar-refractivity contribution < 1.29 is 57.8 Å². The number of carbonyl (C=O) groups excluding carboxylic acids is 1. The maximum absolute atomic E-state index is 14.1. The van der Waals surface area contributed by atoms with Crippen LogP contribution >= 0.6 is 0 Å². The minimum atomic E-state index is -4.58. The monoisotopic (exact) mass is 838 g/mol. The fourth-order valence-electron chi connectivity index (χ4n) is 6.97. The highest BCUT2D eigenvalue weighted by Gasteiger charge is 2.44. The molecule has 2 amide bonds. The number of aromatic hydroxyl groups is 2. The molecule has 4 bridgehead atoms. The number of aryl methyl sites for hydroxylation is 2. The van der Waals surface area contributed by atoms with Gasteiger partial charge in [0, 0.05) is 0 Å². The van der Waals surface area contributed by atoms with Gasteiger partial charge >= 0.3 is 6.03 Å². The number of benzene rings is 6. The number of phenolic OH excluding ortho intramolecular Hbond substituents is 2. The van der Waals surface area contributed by atoms with Crippen molar-refractivity contribution in [2.45, 2.75) is 33.4 Å². The smallest absolute Gasteiger partial charge is 0.323 e. The molecular formula is C35H26N4O13S4. The largest absolute Gasteiger partial charge is 0.506 e. The van der Waals surface area contributed by atoms with Gasteiger partial charge in [-0.15, -0.1) is 0 Å². The molecule has 6 aromatic carbocycles. The van der Waals surface area contributed by atoms with Crippen molar-refractivity contribution in [2.75, 3.05) is 19.2 Å². The molecule has 0 aliphatic carbocycles. The van der Waals surface area contributed by atoms with Crippen molar-refractivity contribution in [3.05, 3.63) is 96.1 Å². The first-order valence-corrected chi connectivity index (χ1v) is 21.8. The summed E-state index contributed by atoms with van der Waals surface area (Å²) in [6.07, 6.45) is 0. The first-order valence-electron chi connectivity index (χ1n) is 16.0. The Labute approximate surface area is 318 Å². The van der Waals surface area contributed by atoms with Gasteiger partial charge in [0.2, 0.25) is 0 Å². The second kappa shape index (κ2) is 12.0. The van der Waals surface area contributed by atoms with Crippen LogP contribution in [0.3, 0.4) is 0 Å². The molecule has 0 aromatic heterocycles. The van der Waals surface area contributed by atoms with Crippen molar-refractivity contribution in [2.24, 2.45) is 0 Å². The standard InChI is InChI=1S/C35H26N4O13S4/c1-17-3-9-25-31(33(17)53(43,44)38(25)27-13-19-5-7-23(55(47,48)49)11-21(19)15-29(27)40)36-35(42)37-32-26-10-4-18(2)34(32)54(45,46)39(26)28-14-20-6-8-24(56(50,51)52)12-22(20)16-30(28)41/h3-16,40-41H,1-2H3,(H2,36,37,42)(H,47,48,49)(H,50,51,52). The summed E-state index contributed by atoms with van der Waals surface area (Å²) in [7, 11) is -18.2. The van der Waals surface area contributed by atoms with E-state index in [2.05, 4.69) is 10.6 Å². The number of carbonyl (C=O) groups is 1. The van der Waals surface area contributed by atoms with Crippen LogP contribution in [0.5, 0.6) is 11.5 Å². The van der Waals surface area contributed by atoms with Gasteiger partial charge in [-0.05, 0) is 107 Å². The normalized spacial score (nSPS) is 15.4. The molecule has 0 unspecified atom stereocenters. The van der Waals surface area contributed by atoms with E-state index < -0.39 is 67.6 Å². The van der Waals surface area contributed by atoms with Gasteiger partial charge in [0.1, 0.15) is 21.3 Å². The molecule has 0 radical (unpaired) electrons. The van der Waals surface area contributed by atoms with E-state index in [1.165, 1.54) is 62.4 Å². The average molecular weight is 839 g/mol. The van der Waals surface area contributed by atoms with E-state index >= 15 is 0 Å².